The minimum Gasteiger partial charge on any atom is -0.491 e. The van der Waals surface area contributed by atoms with Gasteiger partial charge in [0.25, 0.3) is 0 Å². The van der Waals surface area contributed by atoms with Crippen molar-refractivity contribution in [3.05, 3.63) is 40.1 Å². The Hall–Kier alpha value is -2.69. The molecule has 3 heterocycles. The first kappa shape index (κ1) is 31.3. The van der Waals surface area contributed by atoms with Crippen molar-refractivity contribution in [3.63, 3.8) is 0 Å². The Kier molecular flexibility index (Phi) is 9.35. The molecule has 224 valence electrons. The number of ether oxygens (including phenoxy) is 1. The molecule has 0 radical (unpaired) electrons. The molecule has 2 aliphatic heterocycles. The molecule has 2 aliphatic rings. The number of nitrogens with zero attached hydrogens (tertiary/aromatic N) is 4. The monoisotopic (exact) mass is 593 g/mol. The lowest BCUT2D eigenvalue weighted by molar-refractivity contribution is -0.144. The van der Waals surface area contributed by atoms with Crippen LogP contribution in [0.3, 0.4) is 0 Å². The first-order valence-electron chi connectivity index (χ1n) is 14.0. The Balaban J connectivity index is 1.70. The molecule has 1 spiro atoms. The van der Waals surface area contributed by atoms with E-state index in [4.69, 9.17) is 31.7 Å². The SMILES string of the molecule is CCC[C@@H](O)COc1ccc(Cl)c(-c2nc(C(C(C)=N)=C(C)C)c(C)c(N3CC4(CCN(CC(F)(F)F)C4)C3)n2)c1. The Bertz CT molecular complexity index is 1320. The van der Waals surface area contributed by atoms with Crippen LogP contribution in [-0.4, -0.2) is 77.3 Å². The van der Waals surface area contributed by atoms with Crippen LogP contribution in [-0.2, 0) is 0 Å². The van der Waals surface area contributed by atoms with Crippen LogP contribution in [0.25, 0.3) is 17.0 Å². The number of hydrogen-bond acceptors (Lipinski definition) is 7. The molecule has 0 saturated carbocycles. The molecule has 1 aromatic heterocycles. The normalized spacial score (nSPS) is 17.5. The van der Waals surface area contributed by atoms with Gasteiger partial charge in [-0.3, -0.25) is 4.90 Å². The smallest absolute Gasteiger partial charge is 0.401 e. The molecule has 0 amide bonds. The third-order valence-corrected chi connectivity index (χ3v) is 8.08. The van der Waals surface area contributed by atoms with Crippen LogP contribution in [0.15, 0.2) is 23.8 Å². The first-order chi connectivity index (χ1) is 19.2. The molecule has 4 rings (SSSR count). The van der Waals surface area contributed by atoms with Crippen LogP contribution in [0.2, 0.25) is 5.02 Å². The van der Waals surface area contributed by atoms with Crippen LogP contribution >= 0.6 is 11.6 Å². The van der Waals surface area contributed by atoms with Gasteiger partial charge in [-0.15, -0.1) is 0 Å². The van der Waals surface area contributed by atoms with Gasteiger partial charge in [-0.05, 0) is 65.3 Å². The van der Waals surface area contributed by atoms with Gasteiger partial charge in [0.05, 0.1) is 23.4 Å². The summed E-state index contributed by atoms with van der Waals surface area (Å²) in [6.45, 7) is 10.8. The number of nitrogens with one attached hydrogen (secondary N) is 1. The van der Waals surface area contributed by atoms with E-state index in [-0.39, 0.29) is 12.0 Å². The minimum atomic E-state index is -4.21. The highest BCUT2D eigenvalue weighted by Crippen LogP contribution is 2.44. The van der Waals surface area contributed by atoms with E-state index in [0.29, 0.717) is 84.0 Å². The highest BCUT2D eigenvalue weighted by atomic mass is 35.5. The molecular weight excluding hydrogens is 555 g/mol. The van der Waals surface area contributed by atoms with E-state index in [2.05, 4.69) is 4.90 Å². The predicted molar refractivity (Wildman–Crippen MR) is 157 cm³/mol. The molecule has 0 aliphatic carbocycles. The zero-order valence-electron chi connectivity index (χ0n) is 24.3. The van der Waals surface area contributed by atoms with Crippen LogP contribution in [0.1, 0.15) is 58.2 Å². The third kappa shape index (κ3) is 7.21. The van der Waals surface area contributed by atoms with Gasteiger partial charge in [0.1, 0.15) is 18.2 Å². The largest absolute Gasteiger partial charge is 0.491 e. The summed E-state index contributed by atoms with van der Waals surface area (Å²) >= 11 is 6.64. The minimum absolute atomic E-state index is 0.149. The summed E-state index contributed by atoms with van der Waals surface area (Å²) in [4.78, 5) is 13.4. The number of likely N-dealkylation sites (tertiary alicyclic amines) is 1. The van der Waals surface area contributed by atoms with Crippen molar-refractivity contribution < 1.29 is 23.0 Å². The van der Waals surface area contributed by atoms with E-state index >= 15 is 0 Å². The molecule has 2 N–H and O–H groups in total. The number of benzene rings is 1. The topological polar surface area (TPSA) is 85.6 Å². The molecule has 2 fully saturated rings. The highest BCUT2D eigenvalue weighted by Gasteiger charge is 2.50. The highest BCUT2D eigenvalue weighted by molar-refractivity contribution is 6.33. The fraction of sp³-hybridized carbons (Fsp3) is 0.567. The van der Waals surface area contributed by atoms with Gasteiger partial charge < -0.3 is 20.2 Å². The van der Waals surface area contributed by atoms with Gasteiger partial charge >= 0.3 is 6.18 Å². The van der Waals surface area contributed by atoms with Crippen molar-refractivity contribution >= 4 is 28.7 Å². The zero-order valence-corrected chi connectivity index (χ0v) is 25.1. The second-order valence-corrected chi connectivity index (χ2v) is 12.1. The second-order valence-electron chi connectivity index (χ2n) is 11.7. The molecule has 1 aromatic carbocycles. The van der Waals surface area contributed by atoms with Crippen molar-refractivity contribution in [2.24, 2.45) is 5.41 Å². The fourth-order valence-electron chi connectivity index (χ4n) is 5.93. The van der Waals surface area contributed by atoms with Crippen molar-refractivity contribution in [1.29, 1.82) is 5.41 Å². The number of aliphatic hydroxyl groups excluding tert-OH is 1. The van der Waals surface area contributed by atoms with E-state index in [1.54, 1.807) is 25.1 Å². The molecule has 2 aromatic rings. The van der Waals surface area contributed by atoms with Gasteiger partial charge in [-0.1, -0.05) is 30.5 Å². The lowest BCUT2D eigenvalue weighted by Gasteiger charge is -2.49. The average Bonchev–Trinajstić information content (AvgIpc) is 3.26. The van der Waals surface area contributed by atoms with E-state index < -0.39 is 18.8 Å². The standard InChI is InChI=1S/C30H39ClF3N5O2/c1-6-7-21(40)13-41-22-8-9-24(31)23(12-22)27-36-26(25(18(2)3)20(5)35)19(4)28(37-27)39-15-29(16-39)10-11-38(14-29)17-30(32,33)34/h8-9,12,21,35,40H,6-7,10-11,13-17H2,1-5H3/t21-/m1/s1. The summed E-state index contributed by atoms with van der Waals surface area (Å²) in [6.07, 6.45) is -2.61. The van der Waals surface area contributed by atoms with Gasteiger partial charge in [0.15, 0.2) is 5.82 Å². The summed E-state index contributed by atoms with van der Waals surface area (Å²) in [5.41, 5.74) is 3.81. The maximum absolute atomic E-state index is 13.0. The summed E-state index contributed by atoms with van der Waals surface area (Å²) < 4.78 is 44.8. The summed E-state index contributed by atoms with van der Waals surface area (Å²) in [5, 5.41) is 19.0. The van der Waals surface area contributed by atoms with Crippen molar-refractivity contribution in [1.82, 2.24) is 14.9 Å². The van der Waals surface area contributed by atoms with Crippen molar-refractivity contribution in [2.45, 2.75) is 66.2 Å². The number of hydrogen-bond donors (Lipinski definition) is 2. The Labute approximate surface area is 244 Å². The number of rotatable bonds is 10. The Morgan fingerprint density at radius 1 is 1.20 bits per heavy atom. The summed E-state index contributed by atoms with van der Waals surface area (Å²) in [7, 11) is 0. The molecule has 2 saturated heterocycles. The maximum Gasteiger partial charge on any atom is 0.401 e. The quantitative estimate of drug-likeness (QED) is 0.304. The molecule has 0 bridgehead atoms. The molecule has 1 atom stereocenters. The van der Waals surface area contributed by atoms with E-state index in [9.17, 15) is 18.3 Å². The number of aliphatic hydroxyl groups is 1. The van der Waals surface area contributed by atoms with E-state index in [1.807, 2.05) is 27.7 Å². The number of anilines is 1. The number of allylic oxidation sites excluding steroid dienone is 2. The van der Waals surface area contributed by atoms with Gasteiger partial charge in [0.2, 0.25) is 0 Å². The first-order valence-corrected chi connectivity index (χ1v) is 14.4. The molecular formula is C30H39ClF3N5O2. The maximum atomic E-state index is 13.0. The van der Waals surface area contributed by atoms with E-state index in [0.717, 1.165) is 17.6 Å². The Morgan fingerprint density at radius 2 is 1.90 bits per heavy atom. The zero-order chi connectivity index (χ0) is 30.1. The number of alkyl halides is 3. The van der Waals surface area contributed by atoms with Gasteiger partial charge in [0, 0.05) is 47.5 Å². The Morgan fingerprint density at radius 3 is 2.51 bits per heavy atom. The summed E-state index contributed by atoms with van der Waals surface area (Å²) in [5.74, 6) is 1.58. The number of halogens is 4. The fourth-order valence-corrected chi connectivity index (χ4v) is 6.13. The van der Waals surface area contributed by atoms with E-state index in [1.165, 1.54) is 4.90 Å². The second kappa shape index (κ2) is 12.3. The van der Waals surface area contributed by atoms with Crippen molar-refractivity contribution in [3.8, 4) is 17.1 Å². The molecule has 0 unspecified atom stereocenters. The van der Waals surface area contributed by atoms with Crippen molar-refractivity contribution in [2.75, 3.05) is 44.2 Å². The van der Waals surface area contributed by atoms with Crippen LogP contribution in [0.4, 0.5) is 19.0 Å². The number of aromatic nitrogens is 2. The molecule has 7 nitrogen and oxygen atoms in total. The van der Waals surface area contributed by atoms with Crippen LogP contribution < -0.4 is 9.64 Å². The third-order valence-electron chi connectivity index (χ3n) is 7.75. The molecule has 41 heavy (non-hydrogen) atoms. The lowest BCUT2D eigenvalue weighted by Crippen LogP contribution is -2.58. The molecule has 11 heteroatoms. The van der Waals surface area contributed by atoms with Crippen LogP contribution in [0.5, 0.6) is 5.75 Å². The lowest BCUT2D eigenvalue weighted by atomic mass is 9.79. The predicted octanol–water partition coefficient (Wildman–Crippen LogP) is 6.55. The average molecular weight is 594 g/mol. The van der Waals surface area contributed by atoms with Gasteiger partial charge in [-0.2, -0.15) is 13.2 Å². The van der Waals surface area contributed by atoms with Gasteiger partial charge in [-0.25, -0.2) is 9.97 Å². The summed E-state index contributed by atoms with van der Waals surface area (Å²) in [6, 6.07) is 5.19. The van der Waals surface area contributed by atoms with Crippen LogP contribution in [0, 0.1) is 17.7 Å².